The van der Waals surface area contributed by atoms with Crippen LogP contribution in [0.2, 0.25) is 0 Å². The van der Waals surface area contributed by atoms with Gasteiger partial charge in [0, 0.05) is 12.1 Å². The maximum Gasteiger partial charge on any atom is 0.226 e. The van der Waals surface area contributed by atoms with Gasteiger partial charge in [0.2, 0.25) is 5.88 Å². The number of hydrogen-bond donors (Lipinski definition) is 1. The maximum atomic E-state index is 5.29. The molecule has 1 fully saturated rings. The lowest BCUT2D eigenvalue weighted by Crippen LogP contribution is -1.99. The first-order valence-electron chi connectivity index (χ1n) is 5.28. The molecule has 5 nitrogen and oxygen atoms in total. The molecule has 1 aliphatic carbocycles. The minimum Gasteiger partial charge on any atom is -0.480 e. The summed E-state index contributed by atoms with van der Waals surface area (Å²) < 4.78 is 5.29. The van der Waals surface area contributed by atoms with Crippen LogP contribution in [-0.2, 0) is 0 Å². The lowest BCUT2D eigenvalue weighted by atomic mass is 10.1. The molecule has 1 N–H and O–H groups in total. The summed E-state index contributed by atoms with van der Waals surface area (Å²) in [6, 6.07) is 1.91. The van der Waals surface area contributed by atoms with Crippen LogP contribution in [-0.4, -0.2) is 27.3 Å². The molecule has 2 aromatic heterocycles. The van der Waals surface area contributed by atoms with E-state index in [2.05, 4.69) is 20.2 Å². The second kappa shape index (κ2) is 3.59. The van der Waals surface area contributed by atoms with Crippen molar-refractivity contribution in [1.29, 1.82) is 0 Å². The van der Waals surface area contributed by atoms with Crippen molar-refractivity contribution in [2.45, 2.75) is 18.8 Å². The van der Waals surface area contributed by atoms with Crippen LogP contribution in [0.1, 0.15) is 24.5 Å². The van der Waals surface area contributed by atoms with Gasteiger partial charge in [0.05, 0.1) is 24.1 Å². The summed E-state index contributed by atoms with van der Waals surface area (Å²) in [6.07, 6.45) is 5.67. The molecular weight excluding hydrogens is 204 g/mol. The van der Waals surface area contributed by atoms with Gasteiger partial charge in [-0.2, -0.15) is 5.10 Å². The molecule has 0 saturated heterocycles. The Morgan fingerprint density at radius 3 is 2.88 bits per heavy atom. The highest BCUT2D eigenvalue weighted by Gasteiger charge is 2.30. The number of nitrogens with one attached hydrogen (secondary N) is 1. The molecule has 2 aromatic rings. The SMILES string of the molecule is COc1ncnc(C2CC2)c1-c1ccn[nH]1. The predicted octanol–water partition coefficient (Wildman–Crippen LogP) is 1.75. The minimum atomic E-state index is 0.551. The highest BCUT2D eigenvalue weighted by molar-refractivity contribution is 5.68. The Kier molecular flexibility index (Phi) is 2.09. The number of H-pyrrole nitrogens is 1. The predicted molar refractivity (Wildman–Crippen MR) is 58.1 cm³/mol. The summed E-state index contributed by atoms with van der Waals surface area (Å²) in [4.78, 5) is 8.51. The van der Waals surface area contributed by atoms with E-state index < -0.39 is 0 Å². The highest BCUT2D eigenvalue weighted by Crippen LogP contribution is 2.44. The fourth-order valence-electron chi connectivity index (χ4n) is 1.85. The summed E-state index contributed by atoms with van der Waals surface area (Å²) in [5.74, 6) is 1.16. The van der Waals surface area contributed by atoms with Crippen LogP contribution in [0.15, 0.2) is 18.6 Å². The standard InChI is InChI=1S/C11H12N4O/c1-16-11-9(8-4-5-14-15-8)10(7-2-3-7)12-6-13-11/h4-7H,2-3H2,1H3,(H,14,15). The zero-order valence-corrected chi connectivity index (χ0v) is 8.97. The van der Waals surface area contributed by atoms with Crippen LogP contribution in [0.5, 0.6) is 5.88 Å². The summed E-state index contributed by atoms with van der Waals surface area (Å²) in [6.45, 7) is 0. The van der Waals surface area contributed by atoms with E-state index in [9.17, 15) is 0 Å². The molecule has 0 aliphatic heterocycles. The Hall–Kier alpha value is -1.91. The van der Waals surface area contributed by atoms with Gasteiger partial charge in [0.25, 0.3) is 0 Å². The Morgan fingerprint density at radius 2 is 2.25 bits per heavy atom. The monoisotopic (exact) mass is 216 g/mol. The van der Waals surface area contributed by atoms with Gasteiger partial charge in [-0.25, -0.2) is 9.97 Å². The van der Waals surface area contributed by atoms with E-state index in [-0.39, 0.29) is 0 Å². The van der Waals surface area contributed by atoms with Gasteiger partial charge in [-0.05, 0) is 18.9 Å². The second-order valence-corrected chi connectivity index (χ2v) is 3.89. The van der Waals surface area contributed by atoms with Crippen molar-refractivity contribution in [2.75, 3.05) is 7.11 Å². The zero-order valence-electron chi connectivity index (χ0n) is 8.97. The van der Waals surface area contributed by atoms with Gasteiger partial charge in [0.1, 0.15) is 6.33 Å². The van der Waals surface area contributed by atoms with Crippen LogP contribution in [0, 0.1) is 0 Å². The number of rotatable bonds is 3. The third-order valence-corrected chi connectivity index (χ3v) is 2.77. The van der Waals surface area contributed by atoms with Crippen molar-refractivity contribution in [3.05, 3.63) is 24.3 Å². The summed E-state index contributed by atoms with van der Waals surface area (Å²) in [5.41, 5.74) is 2.93. The van der Waals surface area contributed by atoms with Crippen molar-refractivity contribution < 1.29 is 4.74 Å². The number of nitrogens with zero attached hydrogens (tertiary/aromatic N) is 3. The average molecular weight is 216 g/mol. The van der Waals surface area contributed by atoms with E-state index in [1.165, 1.54) is 12.8 Å². The molecule has 0 spiro atoms. The van der Waals surface area contributed by atoms with Crippen LogP contribution in [0.4, 0.5) is 0 Å². The molecule has 0 amide bonds. The van der Waals surface area contributed by atoms with Gasteiger partial charge >= 0.3 is 0 Å². The number of ether oxygens (including phenoxy) is 1. The topological polar surface area (TPSA) is 63.7 Å². The molecule has 0 unspecified atom stereocenters. The molecule has 5 heteroatoms. The molecule has 0 aromatic carbocycles. The minimum absolute atomic E-state index is 0.551. The molecule has 3 rings (SSSR count). The van der Waals surface area contributed by atoms with Crippen molar-refractivity contribution in [2.24, 2.45) is 0 Å². The number of aromatic nitrogens is 4. The molecule has 16 heavy (non-hydrogen) atoms. The Bertz CT molecular complexity index is 491. The van der Waals surface area contributed by atoms with Crippen LogP contribution < -0.4 is 4.74 Å². The average Bonchev–Trinajstić information content (AvgIpc) is 3.04. The summed E-state index contributed by atoms with van der Waals surface area (Å²) in [7, 11) is 1.62. The molecule has 0 bridgehead atoms. The Labute approximate surface area is 92.9 Å². The van der Waals surface area contributed by atoms with Crippen molar-refractivity contribution in [3.63, 3.8) is 0 Å². The van der Waals surface area contributed by atoms with E-state index in [0.717, 1.165) is 17.0 Å². The summed E-state index contributed by atoms with van der Waals surface area (Å²) >= 11 is 0. The second-order valence-electron chi connectivity index (χ2n) is 3.89. The highest BCUT2D eigenvalue weighted by atomic mass is 16.5. The van der Waals surface area contributed by atoms with Crippen LogP contribution >= 0.6 is 0 Å². The van der Waals surface area contributed by atoms with Crippen molar-refractivity contribution >= 4 is 0 Å². The largest absolute Gasteiger partial charge is 0.480 e. The number of methoxy groups -OCH3 is 1. The fraction of sp³-hybridized carbons (Fsp3) is 0.364. The third-order valence-electron chi connectivity index (χ3n) is 2.77. The van der Waals surface area contributed by atoms with Crippen LogP contribution in [0.25, 0.3) is 11.3 Å². The van der Waals surface area contributed by atoms with E-state index in [4.69, 9.17) is 4.74 Å². The van der Waals surface area contributed by atoms with E-state index >= 15 is 0 Å². The first kappa shape index (κ1) is 9.33. The summed E-state index contributed by atoms with van der Waals surface area (Å²) in [5, 5.41) is 6.90. The first-order chi connectivity index (χ1) is 7.90. The lowest BCUT2D eigenvalue weighted by molar-refractivity contribution is 0.397. The molecule has 1 aliphatic rings. The van der Waals surface area contributed by atoms with E-state index in [1.54, 1.807) is 19.6 Å². The Morgan fingerprint density at radius 1 is 1.38 bits per heavy atom. The van der Waals surface area contributed by atoms with Crippen molar-refractivity contribution in [1.82, 2.24) is 20.2 Å². The number of hydrogen-bond acceptors (Lipinski definition) is 4. The number of aromatic amines is 1. The molecule has 0 radical (unpaired) electrons. The van der Waals surface area contributed by atoms with Gasteiger partial charge in [-0.15, -0.1) is 0 Å². The van der Waals surface area contributed by atoms with Crippen LogP contribution in [0.3, 0.4) is 0 Å². The first-order valence-corrected chi connectivity index (χ1v) is 5.28. The van der Waals surface area contributed by atoms with Gasteiger partial charge < -0.3 is 4.74 Å². The lowest BCUT2D eigenvalue weighted by Gasteiger charge is -2.09. The van der Waals surface area contributed by atoms with Gasteiger partial charge in [-0.1, -0.05) is 0 Å². The normalized spacial score (nSPS) is 15.1. The van der Waals surface area contributed by atoms with E-state index in [0.29, 0.717) is 11.8 Å². The fourth-order valence-corrected chi connectivity index (χ4v) is 1.85. The van der Waals surface area contributed by atoms with Gasteiger partial charge in [-0.3, -0.25) is 5.10 Å². The molecular formula is C11H12N4O. The quantitative estimate of drug-likeness (QED) is 0.849. The molecule has 1 saturated carbocycles. The third kappa shape index (κ3) is 1.44. The zero-order chi connectivity index (χ0) is 11.0. The molecule has 0 atom stereocenters. The Balaban J connectivity index is 2.18. The van der Waals surface area contributed by atoms with Gasteiger partial charge in [0.15, 0.2) is 0 Å². The molecule has 82 valence electrons. The smallest absolute Gasteiger partial charge is 0.226 e. The molecule has 2 heterocycles. The van der Waals surface area contributed by atoms with Crippen molar-refractivity contribution in [3.8, 4) is 17.1 Å². The maximum absolute atomic E-state index is 5.29. The van der Waals surface area contributed by atoms with E-state index in [1.807, 2.05) is 6.07 Å².